The first-order valence-corrected chi connectivity index (χ1v) is 10.6. The third-order valence-electron chi connectivity index (χ3n) is 5.64. The van der Waals surface area contributed by atoms with Gasteiger partial charge in [0.15, 0.2) is 0 Å². The van der Waals surface area contributed by atoms with E-state index in [-0.39, 0.29) is 0 Å². The fraction of sp³-hybridized carbons (Fsp3) is 0.111. The number of hydrogen-bond donors (Lipinski definition) is 1. The zero-order valence-corrected chi connectivity index (χ0v) is 17.9. The summed E-state index contributed by atoms with van der Waals surface area (Å²) in [7, 11) is 1.70. The van der Waals surface area contributed by atoms with E-state index >= 15 is 0 Å². The van der Waals surface area contributed by atoms with Crippen molar-refractivity contribution >= 4 is 10.8 Å². The number of benzene rings is 3. The van der Waals surface area contributed by atoms with Gasteiger partial charge >= 0.3 is 0 Å². The van der Waals surface area contributed by atoms with E-state index in [0.717, 1.165) is 35.5 Å². The SMILES string of the molecule is COc1cccc(-c2ccc(CNCc3ccc(-n4cccn4)cc3)c3cnccc23)c1. The molecule has 0 aliphatic rings. The Balaban J connectivity index is 1.34. The predicted molar refractivity (Wildman–Crippen MR) is 128 cm³/mol. The predicted octanol–water partition coefficient (Wildman–Crippen LogP) is 5.39. The van der Waals surface area contributed by atoms with E-state index in [1.165, 1.54) is 22.1 Å². The number of fused-ring (bicyclic) bond motifs is 1. The van der Waals surface area contributed by atoms with Crippen molar-refractivity contribution in [2.75, 3.05) is 7.11 Å². The van der Waals surface area contributed by atoms with Gasteiger partial charge in [0.2, 0.25) is 0 Å². The van der Waals surface area contributed by atoms with Crippen molar-refractivity contribution in [1.29, 1.82) is 0 Å². The van der Waals surface area contributed by atoms with Gasteiger partial charge in [0, 0.05) is 43.3 Å². The highest BCUT2D eigenvalue weighted by Gasteiger charge is 2.09. The molecule has 0 fully saturated rings. The van der Waals surface area contributed by atoms with Crippen molar-refractivity contribution in [3.63, 3.8) is 0 Å². The maximum Gasteiger partial charge on any atom is 0.119 e. The van der Waals surface area contributed by atoms with Crippen molar-refractivity contribution in [3.05, 3.63) is 109 Å². The molecular formula is C27H24N4O. The van der Waals surface area contributed by atoms with E-state index < -0.39 is 0 Å². The first kappa shape index (κ1) is 20.0. The minimum absolute atomic E-state index is 0.765. The van der Waals surface area contributed by atoms with Crippen LogP contribution in [-0.4, -0.2) is 21.9 Å². The molecule has 0 unspecified atom stereocenters. The van der Waals surface area contributed by atoms with Gasteiger partial charge in [-0.1, -0.05) is 36.4 Å². The lowest BCUT2D eigenvalue weighted by Gasteiger charge is -2.13. The summed E-state index contributed by atoms with van der Waals surface area (Å²) in [6.07, 6.45) is 7.54. The van der Waals surface area contributed by atoms with Gasteiger partial charge in [0.1, 0.15) is 5.75 Å². The van der Waals surface area contributed by atoms with Crippen LogP contribution in [0.4, 0.5) is 0 Å². The highest BCUT2D eigenvalue weighted by molar-refractivity contribution is 5.98. The lowest BCUT2D eigenvalue weighted by atomic mass is 9.96. The van der Waals surface area contributed by atoms with Crippen LogP contribution in [0, 0.1) is 0 Å². The minimum atomic E-state index is 0.765. The molecule has 0 bridgehead atoms. The van der Waals surface area contributed by atoms with Gasteiger partial charge in [-0.15, -0.1) is 0 Å². The molecule has 0 aliphatic carbocycles. The summed E-state index contributed by atoms with van der Waals surface area (Å²) in [5, 5.41) is 10.2. The Morgan fingerprint density at radius 1 is 0.875 bits per heavy atom. The Labute approximate surface area is 187 Å². The average molecular weight is 421 g/mol. The monoisotopic (exact) mass is 420 g/mol. The van der Waals surface area contributed by atoms with Crippen LogP contribution in [0.2, 0.25) is 0 Å². The summed E-state index contributed by atoms with van der Waals surface area (Å²) < 4.78 is 7.27. The lowest BCUT2D eigenvalue weighted by Crippen LogP contribution is -2.13. The molecule has 0 atom stereocenters. The van der Waals surface area contributed by atoms with Crippen molar-refractivity contribution < 1.29 is 4.74 Å². The zero-order chi connectivity index (χ0) is 21.8. The molecule has 5 nitrogen and oxygen atoms in total. The van der Waals surface area contributed by atoms with Crippen molar-refractivity contribution in [2.45, 2.75) is 13.1 Å². The summed E-state index contributed by atoms with van der Waals surface area (Å²) in [4.78, 5) is 4.38. The third kappa shape index (κ3) is 4.11. The summed E-state index contributed by atoms with van der Waals surface area (Å²) in [5.41, 5.74) is 5.84. The number of methoxy groups -OCH3 is 1. The average Bonchev–Trinajstić information content (AvgIpc) is 3.40. The summed E-state index contributed by atoms with van der Waals surface area (Å²) in [6, 6.07) is 25.0. The quantitative estimate of drug-likeness (QED) is 0.384. The van der Waals surface area contributed by atoms with Crippen molar-refractivity contribution in [3.8, 4) is 22.6 Å². The molecule has 0 amide bonds. The molecule has 2 heterocycles. The van der Waals surface area contributed by atoms with Crippen LogP contribution in [0.25, 0.3) is 27.6 Å². The number of aromatic nitrogens is 3. The maximum atomic E-state index is 5.41. The van der Waals surface area contributed by atoms with Crippen LogP contribution in [0.5, 0.6) is 5.75 Å². The van der Waals surface area contributed by atoms with E-state index in [2.05, 4.69) is 70.0 Å². The van der Waals surface area contributed by atoms with Crippen molar-refractivity contribution in [2.24, 2.45) is 0 Å². The molecule has 2 aromatic heterocycles. The first-order chi connectivity index (χ1) is 15.8. The molecule has 5 heteroatoms. The molecule has 5 rings (SSSR count). The fourth-order valence-electron chi connectivity index (χ4n) is 3.97. The molecule has 0 saturated carbocycles. The van der Waals surface area contributed by atoms with Crippen LogP contribution in [0.15, 0.2) is 97.6 Å². The number of nitrogens with one attached hydrogen (secondary N) is 1. The Morgan fingerprint density at radius 3 is 2.59 bits per heavy atom. The fourth-order valence-corrected chi connectivity index (χ4v) is 3.97. The van der Waals surface area contributed by atoms with E-state index in [1.54, 1.807) is 13.3 Å². The third-order valence-corrected chi connectivity index (χ3v) is 5.64. The molecule has 0 spiro atoms. The van der Waals surface area contributed by atoms with E-state index in [9.17, 15) is 0 Å². The molecule has 0 saturated heterocycles. The van der Waals surface area contributed by atoms with Crippen LogP contribution in [0.3, 0.4) is 0 Å². The van der Waals surface area contributed by atoms with E-state index in [4.69, 9.17) is 4.74 Å². The minimum Gasteiger partial charge on any atom is -0.497 e. The molecule has 0 aliphatic heterocycles. The highest BCUT2D eigenvalue weighted by Crippen LogP contribution is 2.32. The van der Waals surface area contributed by atoms with Gasteiger partial charge in [-0.25, -0.2) is 4.68 Å². The van der Waals surface area contributed by atoms with E-state index in [1.807, 2.05) is 41.5 Å². The standard InChI is InChI=1S/C27H24N4O/c1-32-24-5-2-4-21(16-24)25-11-8-22(27-19-28-14-12-26(25)27)18-29-17-20-6-9-23(10-7-20)31-15-3-13-30-31/h2-16,19,29H,17-18H2,1H3. The molecule has 1 N–H and O–H groups in total. The summed E-state index contributed by atoms with van der Waals surface area (Å²) in [6.45, 7) is 1.56. The molecule has 158 valence electrons. The molecule has 0 radical (unpaired) electrons. The van der Waals surface area contributed by atoms with Gasteiger partial charge in [-0.3, -0.25) is 4.98 Å². The van der Waals surface area contributed by atoms with E-state index in [0.29, 0.717) is 0 Å². The summed E-state index contributed by atoms with van der Waals surface area (Å²) >= 11 is 0. The molecule has 32 heavy (non-hydrogen) atoms. The number of rotatable bonds is 7. The normalized spacial score (nSPS) is 11.0. The van der Waals surface area contributed by atoms with Gasteiger partial charge in [0.05, 0.1) is 12.8 Å². The molecule has 5 aromatic rings. The second-order valence-electron chi connectivity index (χ2n) is 7.65. The zero-order valence-electron chi connectivity index (χ0n) is 17.9. The topological polar surface area (TPSA) is 52.0 Å². The number of pyridine rings is 1. The Bertz CT molecular complexity index is 1330. The second kappa shape index (κ2) is 9.04. The first-order valence-electron chi connectivity index (χ1n) is 10.6. The van der Waals surface area contributed by atoms with Gasteiger partial charge in [0.25, 0.3) is 0 Å². The smallest absolute Gasteiger partial charge is 0.119 e. The highest BCUT2D eigenvalue weighted by atomic mass is 16.5. The van der Waals surface area contributed by atoms with Crippen LogP contribution >= 0.6 is 0 Å². The second-order valence-corrected chi connectivity index (χ2v) is 7.65. The lowest BCUT2D eigenvalue weighted by molar-refractivity contribution is 0.415. The summed E-state index contributed by atoms with van der Waals surface area (Å²) in [5.74, 6) is 0.856. The Kier molecular flexibility index (Phi) is 5.64. The van der Waals surface area contributed by atoms with Crippen LogP contribution in [0.1, 0.15) is 11.1 Å². The largest absolute Gasteiger partial charge is 0.497 e. The van der Waals surface area contributed by atoms with Gasteiger partial charge < -0.3 is 10.1 Å². The van der Waals surface area contributed by atoms with Gasteiger partial charge in [-0.2, -0.15) is 5.10 Å². The van der Waals surface area contributed by atoms with Crippen LogP contribution in [-0.2, 0) is 13.1 Å². The molecular weight excluding hydrogens is 396 g/mol. The number of nitrogens with zero attached hydrogens (tertiary/aromatic N) is 3. The number of hydrogen-bond acceptors (Lipinski definition) is 4. The van der Waals surface area contributed by atoms with Crippen molar-refractivity contribution in [1.82, 2.24) is 20.1 Å². The molecule has 3 aromatic carbocycles. The Morgan fingerprint density at radius 2 is 1.78 bits per heavy atom. The van der Waals surface area contributed by atoms with Gasteiger partial charge in [-0.05, 0) is 64.0 Å². The maximum absolute atomic E-state index is 5.41. The van der Waals surface area contributed by atoms with Crippen LogP contribution < -0.4 is 10.1 Å². The Hall–Kier alpha value is -3.96. The number of ether oxygens (including phenoxy) is 1.